The van der Waals surface area contributed by atoms with Gasteiger partial charge in [-0.15, -0.1) is 0 Å². The van der Waals surface area contributed by atoms with Crippen LogP contribution in [0.5, 0.6) is 5.75 Å². The maximum Gasteiger partial charge on any atom is 0.245 e. The number of aliphatic hydroxyl groups is 1. The molecule has 2 aromatic rings. The van der Waals surface area contributed by atoms with E-state index in [1.807, 2.05) is 45.0 Å². The van der Waals surface area contributed by atoms with Gasteiger partial charge in [-0.3, -0.25) is 14.4 Å². The minimum atomic E-state index is -1.00. The molecule has 0 aliphatic heterocycles. The number of ether oxygens (including phenoxy) is 1. The largest absolute Gasteiger partial charge is 0.492 e. The molecule has 0 saturated heterocycles. The van der Waals surface area contributed by atoms with E-state index in [-0.39, 0.29) is 23.5 Å². The standard InChI is InChI=1S/C25H42N4O5.C7H7F/c1-6-18(3)22(25(33)29(5)23(19(4)31)24(32)27-7-2)28-15-16-34-21-13-9-8-11-20(21)12-10-14-26-17-30;1-6-2-4-7(8)5-3-6/h8-9,11,13,17-19,22-23,28,31H,6-7,10,12,14-16H2,1-5H3,(H,26,30)(H,27,32);2-5H,1H3. The quantitative estimate of drug-likeness (QED) is 0.166. The summed E-state index contributed by atoms with van der Waals surface area (Å²) in [6.45, 7) is 11.1. The highest BCUT2D eigenvalue weighted by molar-refractivity contribution is 5.90. The number of rotatable bonds is 17. The maximum atomic E-state index is 13.3. The van der Waals surface area contributed by atoms with E-state index in [1.54, 1.807) is 26.1 Å². The number of carbonyl (C=O) groups excluding carboxylic acids is 3. The Hall–Kier alpha value is -3.50. The molecule has 0 aliphatic rings. The molecule has 10 heteroatoms. The smallest absolute Gasteiger partial charge is 0.245 e. The minimum Gasteiger partial charge on any atom is -0.492 e. The van der Waals surface area contributed by atoms with Crippen LogP contribution in [-0.2, 0) is 20.8 Å². The fraction of sp³-hybridized carbons (Fsp3) is 0.531. The molecule has 4 atom stereocenters. The van der Waals surface area contributed by atoms with Gasteiger partial charge in [-0.2, -0.15) is 0 Å². The van der Waals surface area contributed by atoms with Crippen LogP contribution in [0.2, 0.25) is 0 Å². The van der Waals surface area contributed by atoms with E-state index >= 15 is 0 Å². The SMILES string of the molecule is CCNC(=O)C(C(C)O)N(C)C(=O)C(NCCOc1ccccc1CCCNC=O)C(C)CC.Cc1ccc(F)cc1. The Kier molecular flexibility index (Phi) is 17.7. The molecular weight excluding hydrogens is 539 g/mol. The number of amides is 3. The predicted molar refractivity (Wildman–Crippen MR) is 164 cm³/mol. The Labute approximate surface area is 250 Å². The molecule has 4 unspecified atom stereocenters. The molecule has 2 rings (SSSR count). The van der Waals surface area contributed by atoms with Gasteiger partial charge >= 0.3 is 0 Å². The van der Waals surface area contributed by atoms with Gasteiger partial charge in [0.1, 0.15) is 24.2 Å². The van der Waals surface area contributed by atoms with Crippen LogP contribution in [0.15, 0.2) is 48.5 Å². The molecule has 0 bridgehead atoms. The molecule has 2 aromatic carbocycles. The second-order valence-corrected chi connectivity index (χ2v) is 10.3. The highest BCUT2D eigenvalue weighted by Gasteiger charge is 2.35. The van der Waals surface area contributed by atoms with E-state index in [0.717, 1.165) is 36.1 Å². The van der Waals surface area contributed by atoms with Gasteiger partial charge in [0, 0.05) is 26.7 Å². The molecule has 4 N–H and O–H groups in total. The number of carbonyl (C=O) groups is 3. The normalized spacial score (nSPS) is 13.4. The zero-order valence-corrected chi connectivity index (χ0v) is 25.9. The zero-order chi connectivity index (χ0) is 31.5. The number of nitrogens with one attached hydrogen (secondary N) is 3. The van der Waals surface area contributed by atoms with E-state index in [9.17, 15) is 23.9 Å². The average molecular weight is 589 g/mol. The summed E-state index contributed by atoms with van der Waals surface area (Å²) >= 11 is 0. The Morgan fingerprint density at radius 1 is 1.07 bits per heavy atom. The summed E-state index contributed by atoms with van der Waals surface area (Å²) in [4.78, 5) is 37.5. The van der Waals surface area contributed by atoms with Crippen LogP contribution < -0.4 is 20.7 Å². The van der Waals surface area contributed by atoms with Crippen molar-refractivity contribution >= 4 is 18.2 Å². The molecule has 9 nitrogen and oxygen atoms in total. The van der Waals surface area contributed by atoms with Gasteiger partial charge in [0.05, 0.1) is 12.1 Å². The van der Waals surface area contributed by atoms with Crippen molar-refractivity contribution in [1.29, 1.82) is 0 Å². The number of halogens is 1. The van der Waals surface area contributed by atoms with Crippen molar-refractivity contribution in [3.63, 3.8) is 0 Å². The zero-order valence-electron chi connectivity index (χ0n) is 25.9. The fourth-order valence-corrected chi connectivity index (χ4v) is 4.32. The predicted octanol–water partition coefficient (Wildman–Crippen LogP) is 3.23. The number of likely N-dealkylation sites (N-methyl/N-ethyl adjacent to an activating group) is 2. The first-order chi connectivity index (χ1) is 20.1. The van der Waals surface area contributed by atoms with Crippen molar-refractivity contribution in [2.45, 2.75) is 72.1 Å². The molecule has 0 heterocycles. The molecule has 234 valence electrons. The van der Waals surface area contributed by atoms with Gasteiger partial charge in [0.2, 0.25) is 18.2 Å². The summed E-state index contributed by atoms with van der Waals surface area (Å²) in [6, 6.07) is 12.7. The first kappa shape index (κ1) is 36.5. The van der Waals surface area contributed by atoms with Gasteiger partial charge in [-0.05, 0) is 63.3 Å². The van der Waals surface area contributed by atoms with Crippen LogP contribution in [0.3, 0.4) is 0 Å². The van der Waals surface area contributed by atoms with E-state index in [4.69, 9.17) is 4.74 Å². The minimum absolute atomic E-state index is 0.0245. The lowest BCUT2D eigenvalue weighted by Crippen LogP contribution is -2.58. The highest BCUT2D eigenvalue weighted by atomic mass is 19.1. The third kappa shape index (κ3) is 13.0. The first-order valence-electron chi connectivity index (χ1n) is 14.6. The maximum absolute atomic E-state index is 13.3. The lowest BCUT2D eigenvalue weighted by Gasteiger charge is -2.34. The summed E-state index contributed by atoms with van der Waals surface area (Å²) in [5.41, 5.74) is 2.15. The number of nitrogens with zero attached hydrogens (tertiary/aromatic N) is 1. The summed E-state index contributed by atoms with van der Waals surface area (Å²) in [5.74, 6) is 0.0190. The van der Waals surface area contributed by atoms with Gasteiger partial charge in [0.25, 0.3) is 0 Å². The van der Waals surface area contributed by atoms with Crippen LogP contribution >= 0.6 is 0 Å². The summed E-state index contributed by atoms with van der Waals surface area (Å²) in [6.07, 6.45) is 2.06. The Bertz CT molecular complexity index is 1050. The van der Waals surface area contributed by atoms with Gasteiger partial charge < -0.3 is 30.7 Å². The Balaban J connectivity index is 0.000000942. The Morgan fingerprint density at radius 3 is 2.31 bits per heavy atom. The second-order valence-electron chi connectivity index (χ2n) is 10.3. The topological polar surface area (TPSA) is 120 Å². The number of aryl methyl sites for hydroxylation is 2. The summed E-state index contributed by atoms with van der Waals surface area (Å²) in [7, 11) is 1.55. The molecule has 0 aliphatic carbocycles. The van der Waals surface area contributed by atoms with Crippen molar-refractivity contribution in [1.82, 2.24) is 20.9 Å². The lowest BCUT2D eigenvalue weighted by molar-refractivity contribution is -0.145. The van der Waals surface area contributed by atoms with Crippen LogP contribution in [0.4, 0.5) is 4.39 Å². The van der Waals surface area contributed by atoms with Crippen molar-refractivity contribution in [2.75, 3.05) is 33.3 Å². The second kappa shape index (κ2) is 20.4. The number of hydrogen-bond donors (Lipinski definition) is 4. The number of benzene rings is 2. The van der Waals surface area contributed by atoms with Gasteiger partial charge in [-0.1, -0.05) is 56.2 Å². The third-order valence-electron chi connectivity index (χ3n) is 6.88. The van der Waals surface area contributed by atoms with E-state index in [0.29, 0.717) is 32.7 Å². The Morgan fingerprint density at radius 2 is 1.74 bits per heavy atom. The van der Waals surface area contributed by atoms with Gasteiger partial charge in [0.15, 0.2) is 0 Å². The van der Waals surface area contributed by atoms with Crippen molar-refractivity contribution in [2.24, 2.45) is 5.92 Å². The van der Waals surface area contributed by atoms with Crippen molar-refractivity contribution in [3.05, 3.63) is 65.5 Å². The molecule has 0 saturated carbocycles. The number of hydrogen-bond acceptors (Lipinski definition) is 6. The molecule has 3 amide bonds. The van der Waals surface area contributed by atoms with E-state index in [1.165, 1.54) is 24.0 Å². The first-order valence-corrected chi connectivity index (χ1v) is 14.6. The molecule has 0 spiro atoms. The highest BCUT2D eigenvalue weighted by Crippen LogP contribution is 2.19. The number of aliphatic hydroxyl groups excluding tert-OH is 1. The fourth-order valence-electron chi connectivity index (χ4n) is 4.32. The number of para-hydroxylation sites is 1. The third-order valence-corrected chi connectivity index (χ3v) is 6.88. The molecule has 0 fully saturated rings. The lowest BCUT2D eigenvalue weighted by atomic mass is 9.96. The van der Waals surface area contributed by atoms with Crippen LogP contribution in [0.1, 0.15) is 51.7 Å². The summed E-state index contributed by atoms with van der Waals surface area (Å²) < 4.78 is 18.1. The molecular formula is C32H49FN4O5. The van der Waals surface area contributed by atoms with E-state index < -0.39 is 18.2 Å². The van der Waals surface area contributed by atoms with E-state index in [2.05, 4.69) is 16.0 Å². The average Bonchev–Trinajstić information content (AvgIpc) is 2.97. The van der Waals surface area contributed by atoms with Crippen LogP contribution in [0.25, 0.3) is 0 Å². The van der Waals surface area contributed by atoms with Crippen molar-refractivity contribution in [3.8, 4) is 5.75 Å². The van der Waals surface area contributed by atoms with Crippen LogP contribution in [-0.4, -0.2) is 79.7 Å². The van der Waals surface area contributed by atoms with Gasteiger partial charge in [-0.25, -0.2) is 4.39 Å². The molecule has 0 radical (unpaired) electrons. The molecule has 42 heavy (non-hydrogen) atoms. The summed E-state index contributed by atoms with van der Waals surface area (Å²) in [5, 5.41) is 18.8. The van der Waals surface area contributed by atoms with Crippen molar-refractivity contribution < 1.29 is 28.6 Å². The van der Waals surface area contributed by atoms with Crippen LogP contribution in [0, 0.1) is 18.7 Å². The monoisotopic (exact) mass is 588 g/mol. The molecule has 0 aromatic heterocycles.